The molecule has 166 valence electrons. The van der Waals surface area contributed by atoms with Crippen molar-refractivity contribution in [1.29, 1.82) is 0 Å². The molecule has 0 fully saturated rings. The van der Waals surface area contributed by atoms with Crippen LogP contribution in [0.1, 0.15) is 11.1 Å². The van der Waals surface area contributed by atoms with E-state index in [2.05, 4.69) is 20.4 Å². The maximum absolute atomic E-state index is 12.6. The van der Waals surface area contributed by atoms with E-state index in [-0.39, 0.29) is 36.3 Å². The smallest absolute Gasteiger partial charge is 0.387 e. The van der Waals surface area contributed by atoms with E-state index < -0.39 is 6.61 Å². The van der Waals surface area contributed by atoms with Crippen molar-refractivity contribution >= 4 is 41.5 Å². The summed E-state index contributed by atoms with van der Waals surface area (Å²) in [6, 6.07) is 10.2. The SMILES string of the molecule is CN=C(NCCc1ccc(OC)c(OC)c1)NCc1cc(Cl)ccc1OC(F)F.I. The van der Waals surface area contributed by atoms with E-state index in [0.717, 1.165) is 12.0 Å². The van der Waals surface area contributed by atoms with Gasteiger partial charge in [0.1, 0.15) is 5.75 Å². The zero-order valence-corrected chi connectivity index (χ0v) is 20.0. The van der Waals surface area contributed by atoms with Gasteiger partial charge in [0.2, 0.25) is 0 Å². The van der Waals surface area contributed by atoms with Crippen LogP contribution in [0.15, 0.2) is 41.4 Å². The van der Waals surface area contributed by atoms with E-state index in [9.17, 15) is 8.78 Å². The fraction of sp³-hybridized carbons (Fsp3) is 0.350. The summed E-state index contributed by atoms with van der Waals surface area (Å²) in [6.45, 7) is -2.09. The molecular formula is C20H25ClF2IN3O3. The molecule has 0 aromatic heterocycles. The molecule has 0 heterocycles. The minimum atomic E-state index is -2.91. The quantitative estimate of drug-likeness (QED) is 0.271. The van der Waals surface area contributed by atoms with Crippen molar-refractivity contribution in [2.24, 2.45) is 4.99 Å². The molecule has 2 aromatic carbocycles. The van der Waals surface area contributed by atoms with Gasteiger partial charge in [0.15, 0.2) is 17.5 Å². The van der Waals surface area contributed by atoms with Gasteiger partial charge in [0.25, 0.3) is 0 Å². The summed E-state index contributed by atoms with van der Waals surface area (Å²) in [5.74, 6) is 1.93. The molecule has 0 amide bonds. The van der Waals surface area contributed by atoms with Gasteiger partial charge in [-0.3, -0.25) is 4.99 Å². The first-order valence-corrected chi connectivity index (χ1v) is 9.23. The summed E-state index contributed by atoms with van der Waals surface area (Å²) in [7, 11) is 4.81. The van der Waals surface area contributed by atoms with Crippen LogP contribution in [0.2, 0.25) is 5.02 Å². The number of benzene rings is 2. The Morgan fingerprint density at radius 2 is 1.73 bits per heavy atom. The molecule has 0 atom stereocenters. The molecule has 0 aliphatic rings. The Morgan fingerprint density at radius 3 is 2.37 bits per heavy atom. The molecule has 0 saturated carbocycles. The van der Waals surface area contributed by atoms with Gasteiger partial charge in [-0.25, -0.2) is 0 Å². The highest BCUT2D eigenvalue weighted by Gasteiger charge is 2.11. The Bertz CT molecular complexity index is 841. The molecule has 2 rings (SSSR count). The van der Waals surface area contributed by atoms with Crippen LogP contribution >= 0.6 is 35.6 Å². The number of aliphatic imine (C=N–C) groups is 1. The molecule has 0 bridgehead atoms. The van der Waals surface area contributed by atoms with E-state index in [1.165, 1.54) is 12.1 Å². The molecule has 0 aliphatic heterocycles. The Morgan fingerprint density at radius 1 is 1.03 bits per heavy atom. The third kappa shape index (κ3) is 8.02. The first-order chi connectivity index (χ1) is 14.0. The number of rotatable bonds is 9. The van der Waals surface area contributed by atoms with Crippen LogP contribution < -0.4 is 24.8 Å². The number of nitrogens with one attached hydrogen (secondary N) is 2. The van der Waals surface area contributed by atoms with E-state index in [1.807, 2.05) is 18.2 Å². The van der Waals surface area contributed by atoms with E-state index >= 15 is 0 Å². The highest BCUT2D eigenvalue weighted by molar-refractivity contribution is 14.0. The topological polar surface area (TPSA) is 64.1 Å². The number of halogens is 4. The van der Waals surface area contributed by atoms with Crippen molar-refractivity contribution in [3.63, 3.8) is 0 Å². The van der Waals surface area contributed by atoms with Gasteiger partial charge in [-0.05, 0) is 42.3 Å². The highest BCUT2D eigenvalue weighted by Crippen LogP contribution is 2.27. The number of ether oxygens (including phenoxy) is 3. The maximum atomic E-state index is 12.6. The van der Waals surface area contributed by atoms with Crippen molar-refractivity contribution in [1.82, 2.24) is 10.6 Å². The Hall–Kier alpha value is -2.01. The third-order valence-corrected chi connectivity index (χ3v) is 4.30. The molecule has 0 spiro atoms. The Labute approximate surface area is 197 Å². The van der Waals surface area contributed by atoms with Crippen molar-refractivity contribution in [3.05, 3.63) is 52.5 Å². The first kappa shape index (κ1) is 26.0. The molecule has 0 saturated heterocycles. The number of methoxy groups -OCH3 is 2. The predicted molar refractivity (Wildman–Crippen MR) is 125 cm³/mol. The van der Waals surface area contributed by atoms with Gasteiger partial charge in [-0.2, -0.15) is 8.78 Å². The monoisotopic (exact) mass is 555 g/mol. The van der Waals surface area contributed by atoms with Gasteiger partial charge in [-0.1, -0.05) is 17.7 Å². The van der Waals surface area contributed by atoms with Crippen LogP contribution in [0.3, 0.4) is 0 Å². The number of guanidine groups is 1. The lowest BCUT2D eigenvalue weighted by molar-refractivity contribution is -0.0504. The van der Waals surface area contributed by atoms with Crippen molar-refractivity contribution in [2.45, 2.75) is 19.6 Å². The molecule has 30 heavy (non-hydrogen) atoms. The third-order valence-electron chi connectivity index (χ3n) is 4.06. The average Bonchev–Trinajstić information content (AvgIpc) is 2.71. The van der Waals surface area contributed by atoms with Crippen molar-refractivity contribution in [3.8, 4) is 17.2 Å². The van der Waals surface area contributed by atoms with Crippen molar-refractivity contribution < 1.29 is 23.0 Å². The molecule has 6 nitrogen and oxygen atoms in total. The zero-order valence-electron chi connectivity index (χ0n) is 16.9. The second-order valence-corrected chi connectivity index (χ2v) is 6.36. The lowest BCUT2D eigenvalue weighted by Gasteiger charge is -2.15. The van der Waals surface area contributed by atoms with Gasteiger partial charge < -0.3 is 24.8 Å². The molecular weight excluding hydrogens is 531 g/mol. The molecule has 0 aliphatic carbocycles. The summed E-state index contributed by atoms with van der Waals surface area (Å²) in [5, 5.41) is 6.67. The largest absolute Gasteiger partial charge is 0.493 e. The van der Waals surface area contributed by atoms with E-state index in [0.29, 0.717) is 34.6 Å². The highest BCUT2D eigenvalue weighted by atomic mass is 127. The zero-order chi connectivity index (χ0) is 21.2. The number of alkyl halides is 2. The average molecular weight is 556 g/mol. The second-order valence-electron chi connectivity index (χ2n) is 5.92. The first-order valence-electron chi connectivity index (χ1n) is 8.85. The van der Waals surface area contributed by atoms with Gasteiger partial charge in [0.05, 0.1) is 14.2 Å². The van der Waals surface area contributed by atoms with Crippen LogP contribution in [0.4, 0.5) is 8.78 Å². The summed E-state index contributed by atoms with van der Waals surface area (Å²) < 4.78 is 40.2. The Kier molecular flexibility index (Phi) is 11.6. The molecule has 2 N–H and O–H groups in total. The minimum absolute atomic E-state index is 0. The fourth-order valence-corrected chi connectivity index (χ4v) is 2.85. The van der Waals surface area contributed by atoms with Crippen LogP contribution in [-0.2, 0) is 13.0 Å². The van der Waals surface area contributed by atoms with Crippen molar-refractivity contribution in [2.75, 3.05) is 27.8 Å². The van der Waals surface area contributed by atoms with Gasteiger partial charge in [0, 0.05) is 30.7 Å². The molecule has 0 unspecified atom stereocenters. The summed E-state index contributed by atoms with van der Waals surface area (Å²) >= 11 is 5.96. The van der Waals surface area contributed by atoms with Crippen LogP contribution in [0.25, 0.3) is 0 Å². The maximum Gasteiger partial charge on any atom is 0.387 e. The van der Waals surface area contributed by atoms with Crippen LogP contribution in [-0.4, -0.2) is 40.4 Å². The summed E-state index contributed by atoms with van der Waals surface area (Å²) in [5.41, 5.74) is 1.56. The Balaban J connectivity index is 0.00000450. The summed E-state index contributed by atoms with van der Waals surface area (Å²) in [4.78, 5) is 4.14. The lowest BCUT2D eigenvalue weighted by Crippen LogP contribution is -2.38. The molecule has 10 heteroatoms. The second kappa shape index (κ2) is 13.3. The lowest BCUT2D eigenvalue weighted by atomic mass is 10.1. The van der Waals surface area contributed by atoms with Crippen LogP contribution in [0, 0.1) is 0 Å². The van der Waals surface area contributed by atoms with E-state index in [1.54, 1.807) is 27.3 Å². The summed E-state index contributed by atoms with van der Waals surface area (Å²) in [6.07, 6.45) is 0.720. The van der Waals surface area contributed by atoms with Crippen LogP contribution in [0.5, 0.6) is 17.2 Å². The minimum Gasteiger partial charge on any atom is -0.493 e. The fourth-order valence-electron chi connectivity index (χ4n) is 2.66. The van der Waals surface area contributed by atoms with Gasteiger partial charge in [-0.15, -0.1) is 24.0 Å². The normalized spacial score (nSPS) is 11.0. The van der Waals surface area contributed by atoms with Gasteiger partial charge >= 0.3 is 6.61 Å². The van der Waals surface area contributed by atoms with E-state index in [4.69, 9.17) is 21.1 Å². The number of hydrogen-bond acceptors (Lipinski definition) is 4. The molecule has 2 aromatic rings. The standard InChI is InChI=1S/C20H24ClF2N3O3.HI/c1-24-20(25-9-8-13-4-6-17(27-2)18(10-13)28-3)26-12-14-11-15(21)5-7-16(14)29-19(22)23;/h4-7,10-11,19H,8-9,12H2,1-3H3,(H2,24,25,26);1H. The molecule has 0 radical (unpaired) electrons. The number of hydrogen-bond donors (Lipinski definition) is 2. The predicted octanol–water partition coefficient (Wildman–Crippen LogP) is 4.48. The number of nitrogens with zero attached hydrogens (tertiary/aromatic N) is 1.